The lowest BCUT2D eigenvalue weighted by Crippen LogP contribution is -2.33. The van der Waals surface area contributed by atoms with E-state index in [1.54, 1.807) is 36.4 Å². The van der Waals surface area contributed by atoms with Crippen LogP contribution in [-0.2, 0) is 0 Å². The molecule has 0 aliphatic carbocycles. The number of benzene rings is 1. The lowest BCUT2D eigenvalue weighted by molar-refractivity contribution is 0.152. The van der Waals surface area contributed by atoms with Crippen LogP contribution in [0.1, 0.15) is 24.8 Å². The van der Waals surface area contributed by atoms with Crippen LogP contribution >= 0.6 is 0 Å². The topological polar surface area (TPSA) is 32.3 Å². The molecule has 0 aliphatic heterocycles. The van der Waals surface area contributed by atoms with Gasteiger partial charge >= 0.3 is 0 Å². The van der Waals surface area contributed by atoms with Gasteiger partial charge in [-0.15, -0.1) is 0 Å². The van der Waals surface area contributed by atoms with Crippen molar-refractivity contribution in [2.75, 3.05) is 13.1 Å². The maximum Gasteiger partial charge on any atom is 0.127 e. The number of hydrogen-bond acceptors (Lipinski definition) is 2. The zero-order valence-electron chi connectivity index (χ0n) is 12.6. The van der Waals surface area contributed by atoms with Gasteiger partial charge in [0.1, 0.15) is 5.82 Å². The van der Waals surface area contributed by atoms with Crippen molar-refractivity contribution < 1.29 is 9.50 Å². The minimum absolute atomic E-state index is 0.325. The molecule has 1 aromatic carbocycles. The standard InChI is InChI=1S/C18H24FNO/c1-4-9-14(6-3)18(17(21)13-20-12-5-2)15-10-7-8-11-16(15)19/h4,6-11,17-18,20-21H,1,3,5,12-13H2,2H3/b14-9+. The monoisotopic (exact) mass is 289 g/mol. The molecule has 2 N–H and O–H groups in total. The average molecular weight is 289 g/mol. The van der Waals surface area contributed by atoms with E-state index in [9.17, 15) is 9.50 Å². The summed E-state index contributed by atoms with van der Waals surface area (Å²) in [4.78, 5) is 0. The van der Waals surface area contributed by atoms with E-state index in [0.717, 1.165) is 18.5 Å². The second-order valence-corrected chi connectivity index (χ2v) is 4.88. The summed E-state index contributed by atoms with van der Waals surface area (Å²) in [6, 6.07) is 6.52. The number of rotatable bonds is 9. The third-order valence-corrected chi connectivity index (χ3v) is 3.31. The maximum atomic E-state index is 14.1. The first-order chi connectivity index (χ1) is 10.2. The zero-order valence-corrected chi connectivity index (χ0v) is 12.6. The Kier molecular flexibility index (Phi) is 7.65. The first-order valence-corrected chi connectivity index (χ1v) is 7.23. The normalized spacial score (nSPS) is 14.5. The molecule has 114 valence electrons. The van der Waals surface area contributed by atoms with Crippen molar-refractivity contribution in [1.82, 2.24) is 5.32 Å². The molecule has 0 heterocycles. The van der Waals surface area contributed by atoms with Crippen LogP contribution in [-0.4, -0.2) is 24.3 Å². The molecule has 0 aromatic heterocycles. The summed E-state index contributed by atoms with van der Waals surface area (Å²) in [6.45, 7) is 10.7. The van der Waals surface area contributed by atoms with Gasteiger partial charge in [0.05, 0.1) is 6.10 Å². The van der Waals surface area contributed by atoms with E-state index in [1.165, 1.54) is 6.07 Å². The summed E-state index contributed by atoms with van der Waals surface area (Å²) < 4.78 is 14.1. The summed E-state index contributed by atoms with van der Waals surface area (Å²) in [7, 11) is 0. The van der Waals surface area contributed by atoms with Crippen molar-refractivity contribution in [2.45, 2.75) is 25.4 Å². The van der Waals surface area contributed by atoms with Gasteiger partial charge in [-0.2, -0.15) is 0 Å². The Morgan fingerprint density at radius 1 is 1.38 bits per heavy atom. The van der Waals surface area contributed by atoms with Gasteiger partial charge in [-0.05, 0) is 30.2 Å². The van der Waals surface area contributed by atoms with Gasteiger partial charge in [0.25, 0.3) is 0 Å². The van der Waals surface area contributed by atoms with Crippen LogP contribution in [0.3, 0.4) is 0 Å². The number of halogens is 1. The van der Waals surface area contributed by atoms with E-state index in [0.29, 0.717) is 12.1 Å². The molecule has 0 bridgehead atoms. The summed E-state index contributed by atoms with van der Waals surface area (Å²) in [6.07, 6.45) is 5.26. The Labute approximate surface area is 126 Å². The molecular formula is C18H24FNO. The van der Waals surface area contributed by atoms with Crippen LogP contribution < -0.4 is 5.32 Å². The largest absolute Gasteiger partial charge is 0.391 e. The van der Waals surface area contributed by atoms with Crippen molar-refractivity contribution in [3.8, 4) is 0 Å². The van der Waals surface area contributed by atoms with Gasteiger partial charge in [0.2, 0.25) is 0 Å². The highest BCUT2D eigenvalue weighted by Crippen LogP contribution is 2.30. The lowest BCUT2D eigenvalue weighted by atomic mass is 9.85. The number of nitrogens with one attached hydrogen (secondary N) is 1. The fourth-order valence-electron chi connectivity index (χ4n) is 2.32. The molecule has 2 nitrogen and oxygen atoms in total. The first kappa shape index (κ1) is 17.3. The summed E-state index contributed by atoms with van der Waals surface area (Å²) in [5, 5.41) is 13.7. The highest BCUT2D eigenvalue weighted by Gasteiger charge is 2.25. The minimum atomic E-state index is -0.738. The Balaban J connectivity index is 3.11. The molecule has 2 atom stereocenters. The van der Waals surface area contributed by atoms with Crippen molar-refractivity contribution >= 4 is 0 Å². The van der Waals surface area contributed by atoms with Crippen LogP contribution in [0.4, 0.5) is 4.39 Å². The van der Waals surface area contributed by atoms with Gasteiger partial charge in [0.15, 0.2) is 0 Å². The molecule has 2 unspecified atom stereocenters. The lowest BCUT2D eigenvalue weighted by Gasteiger charge is -2.25. The fourth-order valence-corrected chi connectivity index (χ4v) is 2.32. The zero-order chi connectivity index (χ0) is 15.7. The molecule has 1 rings (SSSR count). The Hall–Kier alpha value is -1.71. The molecule has 1 aromatic rings. The van der Waals surface area contributed by atoms with E-state index >= 15 is 0 Å². The molecule has 0 saturated heterocycles. The molecule has 21 heavy (non-hydrogen) atoms. The highest BCUT2D eigenvalue weighted by molar-refractivity contribution is 5.38. The van der Waals surface area contributed by atoms with Crippen LogP contribution in [0.15, 0.2) is 61.2 Å². The Bertz CT molecular complexity index is 496. The van der Waals surface area contributed by atoms with Crippen LogP contribution in [0.25, 0.3) is 0 Å². The van der Waals surface area contributed by atoms with Gasteiger partial charge < -0.3 is 10.4 Å². The van der Waals surface area contributed by atoms with Gasteiger partial charge in [-0.25, -0.2) is 4.39 Å². The SMILES string of the molecule is C=C/C=C(\C=C)C(c1ccccc1F)C(O)CNCCC. The van der Waals surface area contributed by atoms with Gasteiger partial charge in [-0.3, -0.25) is 0 Å². The van der Waals surface area contributed by atoms with Gasteiger partial charge in [0, 0.05) is 12.5 Å². The second-order valence-electron chi connectivity index (χ2n) is 4.88. The highest BCUT2D eigenvalue weighted by atomic mass is 19.1. The minimum Gasteiger partial charge on any atom is -0.391 e. The molecule has 0 amide bonds. The molecule has 0 fully saturated rings. The predicted molar refractivity (Wildman–Crippen MR) is 86.8 cm³/mol. The van der Waals surface area contributed by atoms with E-state index < -0.39 is 12.0 Å². The van der Waals surface area contributed by atoms with Crippen LogP contribution in [0.5, 0.6) is 0 Å². The molecule has 0 saturated carbocycles. The van der Waals surface area contributed by atoms with Crippen LogP contribution in [0.2, 0.25) is 0 Å². The summed E-state index contributed by atoms with van der Waals surface area (Å²) >= 11 is 0. The first-order valence-electron chi connectivity index (χ1n) is 7.23. The Morgan fingerprint density at radius 2 is 2.10 bits per heavy atom. The number of hydrogen-bond donors (Lipinski definition) is 2. The number of aliphatic hydroxyl groups is 1. The van der Waals surface area contributed by atoms with E-state index in [1.807, 2.05) is 0 Å². The van der Waals surface area contributed by atoms with E-state index in [-0.39, 0.29) is 5.82 Å². The fraction of sp³-hybridized carbons (Fsp3) is 0.333. The quantitative estimate of drug-likeness (QED) is 0.538. The molecule has 0 aliphatic rings. The van der Waals surface area contributed by atoms with E-state index in [4.69, 9.17) is 0 Å². The third kappa shape index (κ3) is 4.96. The smallest absolute Gasteiger partial charge is 0.127 e. The predicted octanol–water partition coefficient (Wildman–Crippen LogP) is 3.57. The average Bonchev–Trinajstić information content (AvgIpc) is 2.48. The number of allylic oxidation sites excluding steroid dienone is 3. The summed E-state index contributed by atoms with van der Waals surface area (Å²) in [5.74, 6) is -0.792. The van der Waals surface area contributed by atoms with Gasteiger partial charge in [-0.1, -0.05) is 56.5 Å². The molecule has 0 radical (unpaired) electrons. The Morgan fingerprint density at radius 3 is 2.67 bits per heavy atom. The molecular weight excluding hydrogens is 265 g/mol. The second kappa shape index (κ2) is 9.27. The van der Waals surface area contributed by atoms with Crippen molar-refractivity contribution in [2.24, 2.45) is 0 Å². The number of aliphatic hydroxyl groups excluding tert-OH is 1. The molecule has 0 spiro atoms. The van der Waals surface area contributed by atoms with Crippen molar-refractivity contribution in [1.29, 1.82) is 0 Å². The van der Waals surface area contributed by atoms with Crippen molar-refractivity contribution in [3.63, 3.8) is 0 Å². The third-order valence-electron chi connectivity index (χ3n) is 3.31. The maximum absolute atomic E-state index is 14.1. The van der Waals surface area contributed by atoms with E-state index in [2.05, 4.69) is 25.4 Å². The summed E-state index contributed by atoms with van der Waals surface area (Å²) in [5.41, 5.74) is 1.22. The van der Waals surface area contributed by atoms with Crippen molar-refractivity contribution in [3.05, 3.63) is 72.6 Å². The molecule has 3 heteroatoms. The van der Waals surface area contributed by atoms with Crippen LogP contribution in [0, 0.1) is 5.82 Å².